The van der Waals surface area contributed by atoms with Crippen molar-refractivity contribution in [3.8, 4) is 23.0 Å². The largest absolute Gasteiger partial charge is 0.469 e. The number of likely N-dealkylation sites (tertiary alicyclic amines) is 1. The maximum atomic E-state index is 11.6. The maximum absolute atomic E-state index is 11.6. The van der Waals surface area contributed by atoms with Gasteiger partial charge >= 0.3 is 5.97 Å². The highest BCUT2D eigenvalue weighted by atomic mass is 32.1. The number of methoxy groups -OCH3 is 1. The van der Waals surface area contributed by atoms with E-state index in [2.05, 4.69) is 10.00 Å². The molecule has 2 aliphatic heterocycles. The molecule has 1 aromatic heterocycles. The van der Waals surface area contributed by atoms with E-state index in [0.29, 0.717) is 28.9 Å². The molecule has 0 unspecified atom stereocenters. The number of carbonyl (C=O) groups excluding carboxylic acids is 1. The second-order valence-corrected chi connectivity index (χ2v) is 6.65. The van der Waals surface area contributed by atoms with Crippen molar-refractivity contribution >= 4 is 18.2 Å². The summed E-state index contributed by atoms with van der Waals surface area (Å²) in [5.41, 5.74) is 0.781. The van der Waals surface area contributed by atoms with Crippen LogP contribution < -0.4 is 9.47 Å². The summed E-state index contributed by atoms with van der Waals surface area (Å²) in [5, 5.41) is 4.49. The van der Waals surface area contributed by atoms with Crippen molar-refractivity contribution in [2.24, 2.45) is 5.92 Å². The summed E-state index contributed by atoms with van der Waals surface area (Å²) in [5.74, 6) is 1.67. The monoisotopic (exact) mass is 377 g/mol. The van der Waals surface area contributed by atoms with Crippen LogP contribution in [0.4, 0.5) is 0 Å². The van der Waals surface area contributed by atoms with Gasteiger partial charge in [0.25, 0.3) is 4.84 Å². The molecule has 0 amide bonds. The summed E-state index contributed by atoms with van der Waals surface area (Å²) in [6.45, 7) is 2.32. The molecule has 26 heavy (non-hydrogen) atoms. The second kappa shape index (κ2) is 7.08. The van der Waals surface area contributed by atoms with Crippen LogP contribution in [-0.4, -0.2) is 47.6 Å². The minimum Gasteiger partial charge on any atom is -0.469 e. The summed E-state index contributed by atoms with van der Waals surface area (Å²) >= 11 is 5.30. The van der Waals surface area contributed by atoms with E-state index in [-0.39, 0.29) is 18.7 Å². The fraction of sp³-hybridized carbons (Fsp3) is 0.471. The number of hydrogen-bond acceptors (Lipinski definition) is 8. The Bertz CT molecular complexity index is 870. The van der Waals surface area contributed by atoms with Crippen molar-refractivity contribution in [1.29, 1.82) is 0 Å². The zero-order valence-corrected chi connectivity index (χ0v) is 15.2. The van der Waals surface area contributed by atoms with Gasteiger partial charge in [0, 0.05) is 18.7 Å². The first-order valence-corrected chi connectivity index (χ1v) is 8.83. The van der Waals surface area contributed by atoms with Crippen LogP contribution >= 0.6 is 12.2 Å². The van der Waals surface area contributed by atoms with Crippen LogP contribution in [-0.2, 0) is 16.2 Å². The van der Waals surface area contributed by atoms with E-state index in [1.165, 1.54) is 7.11 Å². The second-order valence-electron chi connectivity index (χ2n) is 6.30. The third-order valence-corrected chi connectivity index (χ3v) is 4.98. The number of nitrogens with zero attached hydrogens (tertiary/aromatic N) is 3. The summed E-state index contributed by atoms with van der Waals surface area (Å²) in [4.78, 5) is 14.1. The lowest BCUT2D eigenvalue weighted by Crippen LogP contribution is -2.38. The average Bonchev–Trinajstić information content (AvgIpc) is 3.28. The highest BCUT2D eigenvalue weighted by Gasteiger charge is 2.26. The molecule has 2 aliphatic rings. The molecule has 138 valence electrons. The van der Waals surface area contributed by atoms with Crippen LogP contribution in [0.25, 0.3) is 11.5 Å². The quantitative estimate of drug-likeness (QED) is 0.594. The number of rotatable bonds is 4. The Balaban J connectivity index is 1.44. The van der Waals surface area contributed by atoms with Gasteiger partial charge in [0.15, 0.2) is 11.5 Å². The number of benzene rings is 1. The topological polar surface area (TPSA) is 79.0 Å². The fourth-order valence-corrected chi connectivity index (χ4v) is 3.39. The van der Waals surface area contributed by atoms with Crippen molar-refractivity contribution in [3.63, 3.8) is 0 Å². The van der Waals surface area contributed by atoms with Crippen molar-refractivity contribution in [1.82, 2.24) is 14.7 Å². The lowest BCUT2D eigenvalue weighted by molar-refractivity contribution is -0.147. The highest BCUT2D eigenvalue weighted by molar-refractivity contribution is 7.71. The molecule has 0 N–H and O–H groups in total. The summed E-state index contributed by atoms with van der Waals surface area (Å²) < 4.78 is 22.8. The number of hydrogen-bond donors (Lipinski definition) is 0. The number of ether oxygens (including phenoxy) is 3. The number of aromatic nitrogens is 2. The van der Waals surface area contributed by atoms with E-state index < -0.39 is 0 Å². The van der Waals surface area contributed by atoms with Crippen LogP contribution in [0.5, 0.6) is 11.5 Å². The summed E-state index contributed by atoms with van der Waals surface area (Å²) in [6.07, 6.45) is 1.54. The minimum atomic E-state index is -0.132. The molecule has 0 aliphatic carbocycles. The molecule has 4 rings (SSSR count). The van der Waals surface area contributed by atoms with Crippen molar-refractivity contribution in [2.75, 3.05) is 27.0 Å². The van der Waals surface area contributed by atoms with Crippen LogP contribution in [0.1, 0.15) is 12.8 Å². The van der Waals surface area contributed by atoms with Gasteiger partial charge in [-0.25, -0.2) is 4.68 Å². The summed E-state index contributed by atoms with van der Waals surface area (Å²) in [6, 6.07) is 5.52. The predicted octanol–water partition coefficient (Wildman–Crippen LogP) is 2.44. The van der Waals surface area contributed by atoms with E-state index in [4.69, 9.17) is 30.8 Å². The van der Waals surface area contributed by atoms with Crippen LogP contribution in [0, 0.1) is 10.8 Å². The van der Waals surface area contributed by atoms with E-state index in [1.807, 2.05) is 18.2 Å². The Kier molecular flexibility index (Phi) is 4.64. The smallest absolute Gasteiger partial charge is 0.308 e. The van der Waals surface area contributed by atoms with Gasteiger partial charge in [-0.1, -0.05) is 0 Å². The Hall–Kier alpha value is -2.39. The van der Waals surface area contributed by atoms with Crippen molar-refractivity contribution in [2.45, 2.75) is 19.5 Å². The molecule has 2 aromatic rings. The van der Waals surface area contributed by atoms with Gasteiger partial charge in [0.2, 0.25) is 12.7 Å². The molecule has 8 nitrogen and oxygen atoms in total. The molecule has 1 aromatic carbocycles. The Morgan fingerprint density at radius 1 is 1.31 bits per heavy atom. The molecule has 1 fully saturated rings. The van der Waals surface area contributed by atoms with Gasteiger partial charge in [0.05, 0.1) is 19.7 Å². The van der Waals surface area contributed by atoms with Gasteiger partial charge in [-0.2, -0.15) is 0 Å². The molecule has 0 bridgehead atoms. The number of esters is 1. The average molecular weight is 377 g/mol. The van der Waals surface area contributed by atoms with Gasteiger partial charge < -0.3 is 18.6 Å². The molecule has 3 heterocycles. The highest BCUT2D eigenvalue weighted by Crippen LogP contribution is 2.35. The third-order valence-electron chi connectivity index (χ3n) is 4.68. The zero-order chi connectivity index (χ0) is 18.1. The molecule has 0 saturated carbocycles. The standard InChI is InChI=1S/C17H19N3O5S/c1-22-16(21)11-4-6-19(7-5-11)9-20-17(26)25-15(18-20)12-2-3-13-14(8-12)24-10-23-13/h2-3,8,11H,4-7,9-10H2,1H3. The van der Waals surface area contributed by atoms with E-state index in [1.54, 1.807) is 4.68 Å². The molecule has 9 heteroatoms. The number of piperidine rings is 1. The van der Waals surface area contributed by atoms with Gasteiger partial charge in [-0.05, 0) is 43.3 Å². The number of carbonyl (C=O) groups is 1. The molecular weight excluding hydrogens is 358 g/mol. The van der Waals surface area contributed by atoms with Gasteiger partial charge in [-0.15, -0.1) is 5.10 Å². The SMILES string of the molecule is COC(=O)C1CCN(Cn2nc(-c3ccc4c(c3)OCO4)oc2=S)CC1. The van der Waals surface area contributed by atoms with Crippen molar-refractivity contribution in [3.05, 3.63) is 23.0 Å². The lowest BCUT2D eigenvalue weighted by Gasteiger charge is -2.29. The Morgan fingerprint density at radius 2 is 2.08 bits per heavy atom. The molecule has 0 spiro atoms. The molecule has 0 atom stereocenters. The Labute approximate surface area is 155 Å². The minimum absolute atomic E-state index is 0.0225. The van der Waals surface area contributed by atoms with E-state index >= 15 is 0 Å². The fourth-order valence-electron chi connectivity index (χ4n) is 3.21. The third kappa shape index (κ3) is 3.32. The first-order chi connectivity index (χ1) is 12.6. The Morgan fingerprint density at radius 3 is 2.85 bits per heavy atom. The van der Waals surface area contributed by atoms with Crippen LogP contribution in [0.3, 0.4) is 0 Å². The first kappa shape index (κ1) is 17.0. The van der Waals surface area contributed by atoms with Gasteiger partial charge in [-0.3, -0.25) is 9.69 Å². The number of fused-ring (bicyclic) bond motifs is 1. The van der Waals surface area contributed by atoms with E-state index in [9.17, 15) is 4.79 Å². The lowest BCUT2D eigenvalue weighted by atomic mass is 9.97. The molecular formula is C17H19N3O5S. The van der Waals surface area contributed by atoms with Crippen LogP contribution in [0.2, 0.25) is 0 Å². The van der Waals surface area contributed by atoms with Gasteiger partial charge in [0.1, 0.15) is 0 Å². The normalized spacial score (nSPS) is 17.4. The van der Waals surface area contributed by atoms with Crippen molar-refractivity contribution < 1.29 is 23.4 Å². The first-order valence-electron chi connectivity index (χ1n) is 8.42. The van der Waals surface area contributed by atoms with E-state index in [0.717, 1.165) is 31.5 Å². The summed E-state index contributed by atoms with van der Waals surface area (Å²) in [7, 11) is 1.43. The molecule has 0 radical (unpaired) electrons. The maximum Gasteiger partial charge on any atom is 0.308 e. The molecule has 1 saturated heterocycles. The zero-order valence-electron chi connectivity index (χ0n) is 14.3. The predicted molar refractivity (Wildman–Crippen MR) is 93.2 cm³/mol. The van der Waals surface area contributed by atoms with Crippen LogP contribution in [0.15, 0.2) is 22.6 Å².